The number of nitrogens with one attached hydrogen (secondary N) is 1. The molecule has 1 aliphatic rings. The Balaban J connectivity index is 1.88. The molecule has 1 N–H and O–H groups in total. The molecule has 1 rings (SSSR count). The lowest BCUT2D eigenvalue weighted by molar-refractivity contribution is 0.182. The maximum atomic E-state index is 4.99. The van der Waals surface area contributed by atoms with Crippen molar-refractivity contribution >= 4 is 0 Å². The number of methoxy groups -OCH3 is 1. The lowest BCUT2D eigenvalue weighted by Crippen LogP contribution is -2.48. The van der Waals surface area contributed by atoms with Crippen LogP contribution in [0, 0.1) is 0 Å². The van der Waals surface area contributed by atoms with Crippen LogP contribution >= 0.6 is 0 Å². The van der Waals surface area contributed by atoms with Gasteiger partial charge in [-0.15, -0.1) is 0 Å². The third-order valence-corrected chi connectivity index (χ3v) is 2.78. The van der Waals surface area contributed by atoms with Crippen molar-refractivity contribution in [3.8, 4) is 0 Å². The number of ether oxygens (including phenoxy) is 1. The summed E-state index contributed by atoms with van der Waals surface area (Å²) >= 11 is 0. The van der Waals surface area contributed by atoms with Gasteiger partial charge in [-0.25, -0.2) is 0 Å². The summed E-state index contributed by atoms with van der Waals surface area (Å²) in [6.45, 7) is 4.38. The van der Waals surface area contributed by atoms with Gasteiger partial charge < -0.3 is 10.1 Å². The highest BCUT2D eigenvalue weighted by molar-refractivity contribution is 4.90. The molecule has 0 aliphatic heterocycles. The molecule has 2 nitrogen and oxygen atoms in total. The largest absolute Gasteiger partial charge is 0.385 e. The van der Waals surface area contributed by atoms with Crippen molar-refractivity contribution in [2.45, 2.75) is 44.6 Å². The smallest absolute Gasteiger partial charge is 0.0462 e. The molecule has 0 heterocycles. The van der Waals surface area contributed by atoms with E-state index in [9.17, 15) is 0 Å². The van der Waals surface area contributed by atoms with Crippen LogP contribution in [0.5, 0.6) is 0 Å². The maximum absolute atomic E-state index is 4.99. The fraction of sp³-hybridized carbons (Fsp3) is 1.00. The van der Waals surface area contributed by atoms with Gasteiger partial charge in [-0.3, -0.25) is 0 Å². The van der Waals surface area contributed by atoms with Gasteiger partial charge in [0.1, 0.15) is 0 Å². The summed E-state index contributed by atoms with van der Waals surface area (Å²) in [5, 5.41) is 3.60. The van der Waals surface area contributed by atoms with E-state index in [0.29, 0.717) is 5.54 Å². The molecule has 0 spiro atoms. The van der Waals surface area contributed by atoms with Crippen molar-refractivity contribution < 1.29 is 4.74 Å². The average molecular weight is 171 g/mol. The van der Waals surface area contributed by atoms with Crippen LogP contribution in [-0.2, 0) is 4.74 Å². The zero-order valence-corrected chi connectivity index (χ0v) is 8.36. The number of rotatable bonds is 6. The van der Waals surface area contributed by atoms with Crippen LogP contribution in [0.25, 0.3) is 0 Å². The first kappa shape index (κ1) is 10.0. The van der Waals surface area contributed by atoms with Crippen molar-refractivity contribution in [2.24, 2.45) is 0 Å². The molecule has 0 unspecified atom stereocenters. The minimum Gasteiger partial charge on any atom is -0.385 e. The third kappa shape index (κ3) is 3.11. The molecular formula is C10H21NO. The highest BCUT2D eigenvalue weighted by Gasteiger charge is 2.30. The molecule has 0 aromatic rings. The van der Waals surface area contributed by atoms with Gasteiger partial charge in [-0.05, 0) is 45.6 Å². The number of unbranched alkanes of at least 4 members (excludes halogenated alkanes) is 1. The van der Waals surface area contributed by atoms with E-state index in [-0.39, 0.29) is 0 Å². The summed E-state index contributed by atoms with van der Waals surface area (Å²) in [7, 11) is 1.76. The summed E-state index contributed by atoms with van der Waals surface area (Å²) in [5.41, 5.74) is 0.479. The topological polar surface area (TPSA) is 21.3 Å². The summed E-state index contributed by atoms with van der Waals surface area (Å²) in [6, 6.07) is 0. The van der Waals surface area contributed by atoms with E-state index in [2.05, 4.69) is 12.2 Å². The van der Waals surface area contributed by atoms with Crippen LogP contribution in [0.3, 0.4) is 0 Å². The molecule has 0 radical (unpaired) electrons. The summed E-state index contributed by atoms with van der Waals surface area (Å²) < 4.78 is 4.99. The molecule has 1 fully saturated rings. The third-order valence-electron chi connectivity index (χ3n) is 2.78. The van der Waals surface area contributed by atoms with E-state index in [1.54, 1.807) is 7.11 Å². The first-order valence-electron chi connectivity index (χ1n) is 5.01. The second-order valence-electron chi connectivity index (χ2n) is 4.04. The van der Waals surface area contributed by atoms with Gasteiger partial charge in [0.25, 0.3) is 0 Å². The highest BCUT2D eigenvalue weighted by atomic mass is 16.5. The summed E-state index contributed by atoms with van der Waals surface area (Å²) in [5.74, 6) is 0. The fourth-order valence-corrected chi connectivity index (χ4v) is 1.65. The Hall–Kier alpha value is -0.0800. The molecule has 0 aromatic heterocycles. The van der Waals surface area contributed by atoms with Crippen LogP contribution in [0.4, 0.5) is 0 Å². The molecule has 0 atom stereocenters. The predicted octanol–water partition coefficient (Wildman–Crippen LogP) is 1.95. The Morgan fingerprint density at radius 2 is 2.08 bits per heavy atom. The maximum Gasteiger partial charge on any atom is 0.0462 e. The minimum absolute atomic E-state index is 0.479. The molecule has 12 heavy (non-hydrogen) atoms. The van der Waals surface area contributed by atoms with E-state index >= 15 is 0 Å². The first-order valence-corrected chi connectivity index (χ1v) is 5.01. The Kier molecular flexibility index (Phi) is 4.02. The molecule has 72 valence electrons. The Bertz CT molecular complexity index is 121. The monoisotopic (exact) mass is 171 g/mol. The lowest BCUT2D eigenvalue weighted by atomic mass is 9.78. The Morgan fingerprint density at radius 1 is 1.33 bits per heavy atom. The van der Waals surface area contributed by atoms with Gasteiger partial charge in [0.15, 0.2) is 0 Å². The molecule has 0 aromatic carbocycles. The van der Waals surface area contributed by atoms with Crippen LogP contribution in [0.2, 0.25) is 0 Å². The average Bonchev–Trinajstić information content (AvgIpc) is 2.01. The fourth-order valence-electron chi connectivity index (χ4n) is 1.65. The van der Waals surface area contributed by atoms with Crippen LogP contribution < -0.4 is 5.32 Å². The molecule has 0 amide bonds. The quantitative estimate of drug-likeness (QED) is 0.617. The second-order valence-corrected chi connectivity index (χ2v) is 4.04. The molecule has 1 saturated carbocycles. The normalized spacial score (nSPS) is 20.5. The van der Waals surface area contributed by atoms with Crippen LogP contribution in [-0.4, -0.2) is 25.8 Å². The molecular weight excluding hydrogens is 150 g/mol. The van der Waals surface area contributed by atoms with E-state index < -0.39 is 0 Å². The van der Waals surface area contributed by atoms with Crippen LogP contribution in [0.1, 0.15) is 39.0 Å². The van der Waals surface area contributed by atoms with Crippen LogP contribution in [0.15, 0.2) is 0 Å². The number of hydrogen-bond donors (Lipinski definition) is 1. The van der Waals surface area contributed by atoms with Crippen molar-refractivity contribution in [3.05, 3.63) is 0 Å². The van der Waals surface area contributed by atoms with E-state index in [4.69, 9.17) is 4.74 Å². The predicted molar refractivity (Wildman–Crippen MR) is 51.4 cm³/mol. The first-order chi connectivity index (χ1) is 5.77. The van der Waals surface area contributed by atoms with Crippen molar-refractivity contribution in [3.63, 3.8) is 0 Å². The SMILES string of the molecule is COCCCCNC1(C)CCC1. The number of hydrogen-bond acceptors (Lipinski definition) is 2. The zero-order chi connectivity index (χ0) is 8.86. The molecule has 0 bridgehead atoms. The van der Waals surface area contributed by atoms with Gasteiger partial charge in [-0.2, -0.15) is 0 Å². The van der Waals surface area contributed by atoms with Gasteiger partial charge in [0.05, 0.1) is 0 Å². The molecule has 0 saturated heterocycles. The van der Waals surface area contributed by atoms with Gasteiger partial charge in [-0.1, -0.05) is 0 Å². The van der Waals surface area contributed by atoms with Gasteiger partial charge >= 0.3 is 0 Å². The standard InChI is InChI=1S/C10H21NO/c1-10(6-5-7-10)11-8-3-4-9-12-2/h11H,3-9H2,1-2H3. The highest BCUT2D eigenvalue weighted by Crippen LogP contribution is 2.30. The van der Waals surface area contributed by atoms with Crippen molar-refractivity contribution in [1.82, 2.24) is 5.32 Å². The van der Waals surface area contributed by atoms with Gasteiger partial charge in [0, 0.05) is 19.3 Å². The molecule has 2 heteroatoms. The Morgan fingerprint density at radius 3 is 2.58 bits per heavy atom. The molecule has 1 aliphatic carbocycles. The summed E-state index contributed by atoms with van der Waals surface area (Å²) in [4.78, 5) is 0. The zero-order valence-electron chi connectivity index (χ0n) is 8.36. The van der Waals surface area contributed by atoms with E-state index in [1.165, 1.54) is 32.1 Å². The minimum atomic E-state index is 0.479. The lowest BCUT2D eigenvalue weighted by Gasteiger charge is -2.39. The second kappa shape index (κ2) is 4.83. The van der Waals surface area contributed by atoms with Crippen molar-refractivity contribution in [1.29, 1.82) is 0 Å². The Labute approximate surface area is 75.7 Å². The van der Waals surface area contributed by atoms with E-state index in [0.717, 1.165) is 13.2 Å². The van der Waals surface area contributed by atoms with Crippen molar-refractivity contribution in [2.75, 3.05) is 20.3 Å². The van der Waals surface area contributed by atoms with E-state index in [1.807, 2.05) is 0 Å². The summed E-state index contributed by atoms with van der Waals surface area (Å²) in [6.07, 6.45) is 6.54. The van der Waals surface area contributed by atoms with Gasteiger partial charge in [0.2, 0.25) is 0 Å².